The standard InChI is InChI=1S/C8H16BNO4/c1-9(2)14-8(12)6-10(3)5-7(11)13-4/h5-6H2,1-4H3. The van der Waals surface area contributed by atoms with Gasteiger partial charge in [-0.3, -0.25) is 14.5 Å². The molecule has 80 valence electrons. The Morgan fingerprint density at radius 3 is 2.14 bits per heavy atom. The number of carbonyl (C=O) groups is 2. The first kappa shape index (κ1) is 13.0. The van der Waals surface area contributed by atoms with Gasteiger partial charge in [-0.1, -0.05) is 0 Å². The van der Waals surface area contributed by atoms with Crippen molar-refractivity contribution in [3.05, 3.63) is 0 Å². The van der Waals surface area contributed by atoms with Crippen LogP contribution in [0.25, 0.3) is 0 Å². The summed E-state index contributed by atoms with van der Waals surface area (Å²) >= 11 is 0. The van der Waals surface area contributed by atoms with Crippen LogP contribution in [0.2, 0.25) is 13.6 Å². The molecule has 0 aromatic heterocycles. The van der Waals surface area contributed by atoms with Crippen LogP contribution < -0.4 is 0 Å². The number of hydrogen-bond acceptors (Lipinski definition) is 5. The third-order valence-corrected chi connectivity index (χ3v) is 1.39. The Hall–Kier alpha value is -1.04. The summed E-state index contributed by atoms with van der Waals surface area (Å²) in [7, 11) is 2.96. The van der Waals surface area contributed by atoms with Crippen LogP contribution in [-0.2, 0) is 19.0 Å². The van der Waals surface area contributed by atoms with E-state index >= 15 is 0 Å². The normalized spacial score (nSPS) is 9.79. The summed E-state index contributed by atoms with van der Waals surface area (Å²) in [5, 5.41) is 0. The summed E-state index contributed by atoms with van der Waals surface area (Å²) in [4.78, 5) is 23.5. The van der Waals surface area contributed by atoms with Crippen molar-refractivity contribution in [2.45, 2.75) is 13.6 Å². The van der Waals surface area contributed by atoms with Gasteiger partial charge in [0.05, 0.1) is 20.2 Å². The zero-order valence-electron chi connectivity index (χ0n) is 9.07. The number of esters is 1. The molecule has 0 rings (SSSR count). The van der Waals surface area contributed by atoms with Crippen LogP contribution in [0.15, 0.2) is 0 Å². The second-order valence-corrected chi connectivity index (χ2v) is 3.29. The number of ether oxygens (including phenoxy) is 1. The number of nitrogens with zero attached hydrogens (tertiary/aromatic N) is 1. The van der Waals surface area contributed by atoms with E-state index in [1.165, 1.54) is 12.0 Å². The summed E-state index contributed by atoms with van der Waals surface area (Å²) in [5.41, 5.74) is 0. The minimum absolute atomic E-state index is 0.0870. The van der Waals surface area contributed by atoms with E-state index in [1.807, 2.05) is 0 Å². The molecule has 0 N–H and O–H groups in total. The Kier molecular flexibility index (Phi) is 5.95. The van der Waals surface area contributed by atoms with Crippen LogP contribution in [0.3, 0.4) is 0 Å². The lowest BCUT2D eigenvalue weighted by molar-refractivity contribution is -0.142. The highest BCUT2D eigenvalue weighted by atomic mass is 16.5. The first-order chi connectivity index (χ1) is 6.45. The largest absolute Gasteiger partial charge is 0.536 e. The molecule has 0 aliphatic rings. The third-order valence-electron chi connectivity index (χ3n) is 1.39. The Balaban J connectivity index is 3.76. The fourth-order valence-electron chi connectivity index (χ4n) is 0.861. The van der Waals surface area contributed by atoms with Crippen LogP contribution in [0.5, 0.6) is 0 Å². The number of likely N-dealkylation sites (N-methyl/N-ethyl adjacent to an activating group) is 1. The van der Waals surface area contributed by atoms with Gasteiger partial charge >= 0.3 is 18.9 Å². The number of carbonyl (C=O) groups excluding carboxylic acids is 2. The molecule has 0 aromatic carbocycles. The first-order valence-corrected chi connectivity index (χ1v) is 4.40. The van der Waals surface area contributed by atoms with Gasteiger partial charge in [-0.05, 0) is 20.7 Å². The molecular formula is C8H16BNO4. The molecule has 0 heterocycles. The highest BCUT2D eigenvalue weighted by Crippen LogP contribution is 1.90. The summed E-state index contributed by atoms with van der Waals surface area (Å²) in [5.74, 6) is -0.712. The van der Waals surface area contributed by atoms with E-state index in [4.69, 9.17) is 4.65 Å². The van der Waals surface area contributed by atoms with Crippen molar-refractivity contribution in [3.63, 3.8) is 0 Å². The van der Waals surface area contributed by atoms with Crippen molar-refractivity contribution in [2.75, 3.05) is 27.2 Å². The lowest BCUT2D eigenvalue weighted by atomic mass is 9.75. The Morgan fingerprint density at radius 2 is 1.71 bits per heavy atom. The predicted octanol–water partition coefficient (Wildman–Crippen LogP) is -0.115. The molecule has 0 aliphatic heterocycles. The fourth-order valence-corrected chi connectivity index (χ4v) is 0.861. The first-order valence-electron chi connectivity index (χ1n) is 4.40. The lowest BCUT2D eigenvalue weighted by Crippen LogP contribution is -2.33. The smallest absolute Gasteiger partial charge is 0.355 e. The van der Waals surface area contributed by atoms with Gasteiger partial charge < -0.3 is 9.39 Å². The maximum absolute atomic E-state index is 11.1. The summed E-state index contributed by atoms with van der Waals surface area (Å²) < 4.78 is 9.35. The molecule has 0 spiro atoms. The molecule has 0 bridgehead atoms. The average Bonchev–Trinajstić information content (AvgIpc) is 2.01. The van der Waals surface area contributed by atoms with Crippen LogP contribution in [0.4, 0.5) is 0 Å². The minimum atomic E-state index is -0.371. The number of methoxy groups -OCH3 is 1. The second kappa shape index (κ2) is 6.42. The highest BCUT2D eigenvalue weighted by molar-refractivity contribution is 6.50. The fraction of sp³-hybridized carbons (Fsp3) is 0.750. The van der Waals surface area contributed by atoms with Crippen molar-refractivity contribution < 1.29 is 19.0 Å². The van der Waals surface area contributed by atoms with E-state index in [0.717, 1.165) is 0 Å². The average molecular weight is 201 g/mol. The van der Waals surface area contributed by atoms with Gasteiger partial charge in [0, 0.05) is 0 Å². The summed E-state index contributed by atoms with van der Waals surface area (Å²) in [6.07, 6.45) is 0. The van der Waals surface area contributed by atoms with Gasteiger partial charge in [0.25, 0.3) is 0 Å². The predicted molar refractivity (Wildman–Crippen MR) is 53.1 cm³/mol. The van der Waals surface area contributed by atoms with E-state index in [1.54, 1.807) is 20.7 Å². The Morgan fingerprint density at radius 1 is 1.21 bits per heavy atom. The lowest BCUT2D eigenvalue weighted by Gasteiger charge is -2.14. The monoisotopic (exact) mass is 201 g/mol. The van der Waals surface area contributed by atoms with Crippen molar-refractivity contribution >= 4 is 18.9 Å². The van der Waals surface area contributed by atoms with Gasteiger partial charge in [0.15, 0.2) is 0 Å². The molecule has 0 unspecified atom stereocenters. The number of hydrogen-bond donors (Lipinski definition) is 0. The van der Waals surface area contributed by atoms with Gasteiger partial charge in [0.1, 0.15) is 0 Å². The molecule has 0 amide bonds. The molecule has 0 aromatic rings. The molecule has 0 aliphatic carbocycles. The van der Waals surface area contributed by atoms with E-state index < -0.39 is 0 Å². The van der Waals surface area contributed by atoms with E-state index in [0.29, 0.717) is 0 Å². The summed E-state index contributed by atoms with van der Waals surface area (Å²) in [6, 6.07) is 0. The van der Waals surface area contributed by atoms with Crippen molar-refractivity contribution in [3.8, 4) is 0 Å². The van der Waals surface area contributed by atoms with Gasteiger partial charge in [-0.25, -0.2) is 0 Å². The van der Waals surface area contributed by atoms with E-state index in [2.05, 4.69) is 4.74 Å². The molecular weight excluding hydrogens is 185 g/mol. The molecule has 0 saturated heterocycles. The topological polar surface area (TPSA) is 55.8 Å². The molecule has 0 fully saturated rings. The highest BCUT2D eigenvalue weighted by Gasteiger charge is 2.13. The van der Waals surface area contributed by atoms with Crippen molar-refractivity contribution in [1.29, 1.82) is 0 Å². The zero-order valence-corrected chi connectivity index (χ0v) is 9.07. The minimum Gasteiger partial charge on any atom is -0.536 e. The van der Waals surface area contributed by atoms with Gasteiger partial charge in [-0.15, -0.1) is 0 Å². The zero-order chi connectivity index (χ0) is 11.1. The van der Waals surface area contributed by atoms with Gasteiger partial charge in [-0.2, -0.15) is 0 Å². The SMILES string of the molecule is COC(=O)CN(C)CC(=O)OB(C)C. The van der Waals surface area contributed by atoms with Crippen LogP contribution in [0.1, 0.15) is 0 Å². The molecule has 0 saturated carbocycles. The maximum Gasteiger partial charge on any atom is 0.355 e. The molecule has 6 heteroatoms. The van der Waals surface area contributed by atoms with E-state index in [9.17, 15) is 9.59 Å². The second-order valence-electron chi connectivity index (χ2n) is 3.29. The maximum atomic E-state index is 11.1. The van der Waals surface area contributed by atoms with Crippen molar-refractivity contribution in [2.24, 2.45) is 0 Å². The Labute approximate surface area is 84.5 Å². The third kappa shape index (κ3) is 6.48. The van der Waals surface area contributed by atoms with Crippen LogP contribution >= 0.6 is 0 Å². The quantitative estimate of drug-likeness (QED) is 0.458. The van der Waals surface area contributed by atoms with Gasteiger partial charge in [0.2, 0.25) is 0 Å². The van der Waals surface area contributed by atoms with Crippen molar-refractivity contribution in [1.82, 2.24) is 4.90 Å². The molecule has 5 nitrogen and oxygen atoms in total. The molecule has 0 atom stereocenters. The van der Waals surface area contributed by atoms with Crippen LogP contribution in [0, 0.1) is 0 Å². The number of rotatable bonds is 5. The van der Waals surface area contributed by atoms with Crippen LogP contribution in [-0.4, -0.2) is 51.0 Å². The summed E-state index contributed by atoms with van der Waals surface area (Å²) in [6.45, 7) is 3.60. The molecule has 0 radical (unpaired) electrons. The Bertz CT molecular complexity index is 208. The van der Waals surface area contributed by atoms with E-state index in [-0.39, 0.29) is 31.9 Å². The molecule has 14 heavy (non-hydrogen) atoms.